The first-order valence-electron chi connectivity index (χ1n) is 12.3. The van der Waals surface area contributed by atoms with E-state index in [4.69, 9.17) is 9.72 Å². The van der Waals surface area contributed by atoms with E-state index in [1.54, 1.807) is 24.5 Å². The molecule has 2 aromatic heterocycles. The van der Waals surface area contributed by atoms with E-state index in [9.17, 15) is 19.1 Å². The molecule has 2 aliphatic rings. The highest BCUT2D eigenvalue weighted by molar-refractivity contribution is 5.89. The Morgan fingerprint density at radius 2 is 2.00 bits per heavy atom. The maximum atomic E-state index is 14.5. The summed E-state index contributed by atoms with van der Waals surface area (Å²) in [7, 11) is 0. The molecule has 0 saturated heterocycles. The van der Waals surface area contributed by atoms with Crippen molar-refractivity contribution in [1.29, 1.82) is 0 Å². The number of cyclic esters (lactones) is 1. The Morgan fingerprint density at radius 1 is 1.20 bits per heavy atom. The fourth-order valence-corrected chi connectivity index (χ4v) is 5.27. The van der Waals surface area contributed by atoms with Gasteiger partial charge in [0.25, 0.3) is 5.56 Å². The average molecular weight is 480 g/mol. The molecule has 2 N–H and O–H groups in total. The molecule has 1 aromatic carbocycles. The van der Waals surface area contributed by atoms with Crippen molar-refractivity contribution in [2.75, 3.05) is 13.1 Å². The molecule has 2 aliphatic heterocycles. The molecule has 4 heterocycles. The number of rotatable bonds is 7. The SMILES string of the molecule is CCCNCCCc1c2c(nc3cc(F)c(C)cc13)-c1cc3c(c(=O)n1C2)COC(=O)[C@]3(O)CC. The molecule has 8 heteroatoms. The van der Waals surface area contributed by atoms with E-state index in [2.05, 4.69) is 12.2 Å². The van der Waals surface area contributed by atoms with E-state index in [0.29, 0.717) is 34.6 Å². The van der Waals surface area contributed by atoms with Gasteiger partial charge in [-0.1, -0.05) is 13.8 Å². The fraction of sp³-hybridized carbons (Fsp3) is 0.444. The molecule has 184 valence electrons. The summed E-state index contributed by atoms with van der Waals surface area (Å²) in [4.78, 5) is 30.7. The van der Waals surface area contributed by atoms with Crippen LogP contribution in [0.3, 0.4) is 0 Å². The highest BCUT2D eigenvalue weighted by Crippen LogP contribution is 2.40. The molecule has 0 aliphatic carbocycles. The highest BCUT2D eigenvalue weighted by atomic mass is 19.1. The normalized spacial score (nSPS) is 18.4. The average Bonchev–Trinajstić information content (AvgIpc) is 3.21. The third kappa shape index (κ3) is 3.67. The fourth-order valence-electron chi connectivity index (χ4n) is 5.27. The van der Waals surface area contributed by atoms with Crippen LogP contribution in [0.4, 0.5) is 4.39 Å². The number of halogens is 1. The summed E-state index contributed by atoms with van der Waals surface area (Å²) < 4.78 is 21.3. The molecule has 0 amide bonds. The van der Waals surface area contributed by atoms with E-state index in [1.807, 2.05) is 6.07 Å². The number of aliphatic hydroxyl groups is 1. The monoisotopic (exact) mass is 479 g/mol. The van der Waals surface area contributed by atoms with Crippen molar-refractivity contribution >= 4 is 16.9 Å². The first kappa shape index (κ1) is 23.6. The molecule has 0 fully saturated rings. The summed E-state index contributed by atoms with van der Waals surface area (Å²) >= 11 is 0. The second-order valence-electron chi connectivity index (χ2n) is 9.49. The number of pyridine rings is 2. The summed E-state index contributed by atoms with van der Waals surface area (Å²) in [6, 6.07) is 4.98. The predicted molar refractivity (Wildman–Crippen MR) is 131 cm³/mol. The van der Waals surface area contributed by atoms with Crippen molar-refractivity contribution < 1.29 is 19.0 Å². The second-order valence-corrected chi connectivity index (χ2v) is 9.49. The number of nitrogens with zero attached hydrogens (tertiary/aromatic N) is 2. The lowest BCUT2D eigenvalue weighted by molar-refractivity contribution is -0.172. The van der Waals surface area contributed by atoms with Crippen LogP contribution in [0.15, 0.2) is 23.0 Å². The van der Waals surface area contributed by atoms with Crippen LogP contribution in [0.2, 0.25) is 0 Å². The number of benzene rings is 1. The van der Waals surface area contributed by atoms with Crippen molar-refractivity contribution in [2.24, 2.45) is 0 Å². The number of aromatic nitrogens is 2. The minimum atomic E-state index is -1.88. The van der Waals surface area contributed by atoms with Gasteiger partial charge in [-0.25, -0.2) is 14.2 Å². The van der Waals surface area contributed by atoms with Gasteiger partial charge in [0.1, 0.15) is 12.4 Å². The van der Waals surface area contributed by atoms with Crippen LogP contribution < -0.4 is 10.9 Å². The summed E-state index contributed by atoms with van der Waals surface area (Å²) in [5.74, 6) is -1.08. The highest BCUT2D eigenvalue weighted by Gasteiger charge is 2.45. The van der Waals surface area contributed by atoms with Crippen molar-refractivity contribution in [2.45, 2.75) is 65.2 Å². The van der Waals surface area contributed by atoms with Gasteiger partial charge in [-0.15, -0.1) is 0 Å². The van der Waals surface area contributed by atoms with Gasteiger partial charge >= 0.3 is 5.97 Å². The number of carbonyl (C=O) groups is 1. The van der Waals surface area contributed by atoms with Crippen LogP contribution in [0.25, 0.3) is 22.3 Å². The first-order valence-corrected chi connectivity index (χ1v) is 12.3. The summed E-state index contributed by atoms with van der Waals surface area (Å²) in [6.45, 7) is 7.53. The maximum absolute atomic E-state index is 14.5. The minimum absolute atomic E-state index is 0.0836. The molecule has 0 unspecified atom stereocenters. The van der Waals surface area contributed by atoms with Gasteiger partial charge in [-0.3, -0.25) is 4.79 Å². The van der Waals surface area contributed by atoms with Crippen molar-refractivity contribution in [3.63, 3.8) is 0 Å². The van der Waals surface area contributed by atoms with Gasteiger partial charge in [0.15, 0.2) is 5.60 Å². The molecule has 0 spiro atoms. The third-order valence-corrected chi connectivity index (χ3v) is 7.29. The topological polar surface area (TPSA) is 93.5 Å². The van der Waals surface area contributed by atoms with Gasteiger partial charge < -0.3 is 19.7 Å². The standard InChI is InChI=1S/C27H30FN3O4/c1-4-8-29-9-6-7-16-17-10-15(3)21(28)12-22(17)30-24-18(16)13-31-23(24)11-20-19(25(31)32)14-35-26(33)27(20,34)5-2/h10-12,29,34H,4-9,13-14H2,1-3H3/t27-/m0/s1. The van der Waals surface area contributed by atoms with Crippen LogP contribution in [0, 0.1) is 12.7 Å². The number of aryl methyl sites for hydroxylation is 2. The molecular formula is C27H30FN3O4. The molecule has 0 bridgehead atoms. The third-order valence-electron chi connectivity index (χ3n) is 7.29. The Kier molecular flexibility index (Phi) is 5.97. The Bertz CT molecular complexity index is 1410. The molecule has 35 heavy (non-hydrogen) atoms. The number of esters is 1. The maximum Gasteiger partial charge on any atom is 0.343 e. The number of hydrogen-bond acceptors (Lipinski definition) is 6. The molecule has 3 aromatic rings. The van der Waals surface area contributed by atoms with Crippen molar-refractivity contribution in [3.05, 3.63) is 62.2 Å². The Balaban J connectivity index is 1.69. The Labute approximate surface area is 202 Å². The predicted octanol–water partition coefficient (Wildman–Crippen LogP) is 3.46. The van der Waals surface area contributed by atoms with Gasteiger partial charge in [-0.2, -0.15) is 0 Å². The number of carbonyl (C=O) groups excluding carboxylic acids is 1. The number of ether oxygens (including phenoxy) is 1. The molecule has 0 radical (unpaired) electrons. The zero-order valence-corrected chi connectivity index (χ0v) is 20.3. The zero-order chi connectivity index (χ0) is 24.9. The summed E-state index contributed by atoms with van der Waals surface area (Å²) in [5.41, 5.74) is 2.63. The van der Waals surface area contributed by atoms with Crippen LogP contribution in [0.1, 0.15) is 60.9 Å². The second kappa shape index (κ2) is 8.84. The molecule has 5 rings (SSSR count). The van der Waals surface area contributed by atoms with Crippen LogP contribution in [-0.4, -0.2) is 33.7 Å². The summed E-state index contributed by atoms with van der Waals surface area (Å²) in [6.07, 6.45) is 2.79. The lowest BCUT2D eigenvalue weighted by Crippen LogP contribution is -2.44. The first-order chi connectivity index (χ1) is 16.8. The van der Waals surface area contributed by atoms with E-state index >= 15 is 0 Å². The Morgan fingerprint density at radius 3 is 2.74 bits per heavy atom. The van der Waals surface area contributed by atoms with E-state index in [1.165, 1.54) is 6.07 Å². The van der Waals surface area contributed by atoms with Crippen molar-refractivity contribution in [3.8, 4) is 11.4 Å². The molecule has 0 saturated carbocycles. The smallest absolute Gasteiger partial charge is 0.343 e. The number of fused-ring (bicyclic) bond motifs is 5. The number of nitrogens with one attached hydrogen (secondary N) is 1. The quantitative estimate of drug-likeness (QED) is 0.312. The van der Waals surface area contributed by atoms with E-state index < -0.39 is 11.6 Å². The van der Waals surface area contributed by atoms with Gasteiger partial charge in [0.2, 0.25) is 0 Å². The minimum Gasteiger partial charge on any atom is -0.458 e. The summed E-state index contributed by atoms with van der Waals surface area (Å²) in [5, 5.41) is 15.4. The van der Waals surface area contributed by atoms with Gasteiger partial charge in [0, 0.05) is 22.6 Å². The van der Waals surface area contributed by atoms with Gasteiger partial charge in [0.05, 0.1) is 29.0 Å². The van der Waals surface area contributed by atoms with Crippen LogP contribution in [-0.2, 0) is 34.7 Å². The van der Waals surface area contributed by atoms with E-state index in [-0.39, 0.29) is 30.0 Å². The molecule has 7 nitrogen and oxygen atoms in total. The van der Waals surface area contributed by atoms with Gasteiger partial charge in [-0.05, 0) is 69.0 Å². The lowest BCUT2D eigenvalue weighted by Gasteiger charge is -2.31. The molecule has 1 atom stereocenters. The molecular weight excluding hydrogens is 449 g/mol. The largest absolute Gasteiger partial charge is 0.458 e. The van der Waals surface area contributed by atoms with E-state index in [0.717, 1.165) is 48.9 Å². The lowest BCUT2D eigenvalue weighted by atomic mass is 9.86. The van der Waals surface area contributed by atoms with Crippen molar-refractivity contribution in [1.82, 2.24) is 14.9 Å². The Hall–Kier alpha value is -3.10. The van der Waals surface area contributed by atoms with Crippen LogP contribution >= 0.6 is 0 Å². The number of hydrogen-bond donors (Lipinski definition) is 2. The zero-order valence-electron chi connectivity index (χ0n) is 20.3. The van der Waals surface area contributed by atoms with Crippen LogP contribution in [0.5, 0.6) is 0 Å².